The Kier molecular flexibility index (Phi) is 9.19. The van der Waals surface area contributed by atoms with Crippen molar-refractivity contribution < 1.29 is 0 Å². The molecule has 0 bridgehead atoms. The lowest BCUT2D eigenvalue weighted by molar-refractivity contribution is 1.12. The summed E-state index contributed by atoms with van der Waals surface area (Å²) >= 11 is 0. The zero-order chi connectivity index (χ0) is 34.8. The molecule has 0 amide bonds. The molecule has 244 valence electrons. The average Bonchev–Trinajstić information content (AvgIpc) is 3.12. The van der Waals surface area contributed by atoms with Crippen LogP contribution < -0.4 is 21.3 Å². The zero-order valence-corrected chi connectivity index (χ0v) is 29.8. The molecule has 4 heteroatoms. The SMILES string of the molecule is Cc1cc(C)c(B(c2ccc(N(c3ccnc(-c4ccccc4)n3)c3ccccc3-c3ccccc3)cc2)c2c(C)cc(C)cc2C)c(C)c1. The molecule has 1 heterocycles. The van der Waals surface area contributed by atoms with E-state index in [-0.39, 0.29) is 6.71 Å². The minimum absolute atomic E-state index is 0.0963. The van der Waals surface area contributed by atoms with Gasteiger partial charge < -0.3 is 0 Å². The minimum Gasteiger partial charge on any atom is -0.294 e. The third-order valence-electron chi connectivity index (χ3n) is 9.67. The Morgan fingerprint density at radius 3 is 1.56 bits per heavy atom. The standard InChI is InChI=1S/C46H42BN3/c1-31-27-33(3)44(34(4)28-31)47(45-35(5)29-32(2)30-36(45)6)39-21-23-40(24-22-39)50(42-20-14-13-19-41(42)37-15-9-7-10-16-37)43-25-26-48-46(49-43)38-17-11-8-12-18-38/h7-30H,1-6H3. The first-order valence-corrected chi connectivity index (χ1v) is 17.4. The van der Waals surface area contributed by atoms with Gasteiger partial charge in [-0.3, -0.25) is 4.90 Å². The van der Waals surface area contributed by atoms with Gasteiger partial charge in [0, 0.05) is 23.0 Å². The maximum Gasteiger partial charge on any atom is 0.242 e. The van der Waals surface area contributed by atoms with E-state index in [9.17, 15) is 0 Å². The third kappa shape index (κ3) is 6.49. The number of aryl methyl sites for hydroxylation is 6. The van der Waals surface area contributed by atoms with Crippen LogP contribution in [-0.4, -0.2) is 16.7 Å². The summed E-state index contributed by atoms with van der Waals surface area (Å²) in [6.07, 6.45) is 1.86. The Labute approximate surface area is 297 Å². The van der Waals surface area contributed by atoms with E-state index >= 15 is 0 Å². The van der Waals surface area contributed by atoms with E-state index in [1.54, 1.807) is 0 Å². The van der Waals surface area contributed by atoms with E-state index in [1.165, 1.54) is 49.8 Å². The van der Waals surface area contributed by atoms with Crippen LogP contribution >= 0.6 is 0 Å². The summed E-state index contributed by atoms with van der Waals surface area (Å²) in [4.78, 5) is 12.1. The Morgan fingerprint density at radius 1 is 0.500 bits per heavy atom. The number of para-hydroxylation sites is 1. The van der Waals surface area contributed by atoms with Crippen molar-refractivity contribution in [3.05, 3.63) is 179 Å². The molecular weight excluding hydrogens is 605 g/mol. The van der Waals surface area contributed by atoms with Crippen molar-refractivity contribution in [3.63, 3.8) is 0 Å². The van der Waals surface area contributed by atoms with Crippen LogP contribution in [0.25, 0.3) is 22.5 Å². The molecule has 6 aromatic carbocycles. The monoisotopic (exact) mass is 647 g/mol. The van der Waals surface area contributed by atoms with Crippen LogP contribution in [0.1, 0.15) is 33.4 Å². The maximum atomic E-state index is 5.16. The van der Waals surface area contributed by atoms with Gasteiger partial charge in [0.15, 0.2) is 5.82 Å². The van der Waals surface area contributed by atoms with Crippen molar-refractivity contribution in [2.75, 3.05) is 4.90 Å². The van der Waals surface area contributed by atoms with Gasteiger partial charge in [0.05, 0.1) is 5.69 Å². The molecule has 0 fully saturated rings. The first-order chi connectivity index (χ1) is 24.3. The van der Waals surface area contributed by atoms with Crippen LogP contribution in [0.15, 0.2) is 146 Å². The fourth-order valence-electron chi connectivity index (χ4n) is 7.71. The smallest absolute Gasteiger partial charge is 0.242 e. The fourth-order valence-corrected chi connectivity index (χ4v) is 7.71. The number of anilines is 3. The lowest BCUT2D eigenvalue weighted by Crippen LogP contribution is -2.55. The second kappa shape index (κ2) is 14.0. The average molecular weight is 648 g/mol. The largest absolute Gasteiger partial charge is 0.294 e. The van der Waals surface area contributed by atoms with Crippen LogP contribution in [0, 0.1) is 41.5 Å². The number of aromatic nitrogens is 2. The molecule has 0 aliphatic heterocycles. The zero-order valence-electron chi connectivity index (χ0n) is 29.8. The number of hydrogen-bond acceptors (Lipinski definition) is 3. The third-order valence-corrected chi connectivity index (χ3v) is 9.67. The van der Waals surface area contributed by atoms with Crippen LogP contribution in [-0.2, 0) is 0 Å². The van der Waals surface area contributed by atoms with E-state index < -0.39 is 0 Å². The van der Waals surface area contributed by atoms with Crippen molar-refractivity contribution in [2.24, 2.45) is 0 Å². The molecule has 0 radical (unpaired) electrons. The summed E-state index contributed by atoms with van der Waals surface area (Å²) in [5, 5.41) is 0. The van der Waals surface area contributed by atoms with Gasteiger partial charge in [-0.15, -0.1) is 0 Å². The summed E-state index contributed by atoms with van der Waals surface area (Å²) in [5.74, 6) is 1.50. The van der Waals surface area contributed by atoms with Crippen molar-refractivity contribution in [2.45, 2.75) is 41.5 Å². The summed E-state index contributed by atoms with van der Waals surface area (Å²) in [6.45, 7) is 13.5. The van der Waals surface area contributed by atoms with Gasteiger partial charge in [-0.2, -0.15) is 0 Å². The van der Waals surface area contributed by atoms with Gasteiger partial charge >= 0.3 is 0 Å². The number of benzene rings is 6. The van der Waals surface area contributed by atoms with Crippen LogP contribution in [0.5, 0.6) is 0 Å². The Balaban J connectivity index is 1.42. The quantitative estimate of drug-likeness (QED) is 0.154. The highest BCUT2D eigenvalue weighted by Crippen LogP contribution is 2.40. The number of hydrogen-bond donors (Lipinski definition) is 0. The minimum atomic E-state index is 0.0963. The van der Waals surface area contributed by atoms with E-state index in [0.717, 1.165) is 33.9 Å². The molecule has 0 atom stereocenters. The Morgan fingerprint density at radius 2 is 1.00 bits per heavy atom. The second-order valence-electron chi connectivity index (χ2n) is 13.5. The summed E-state index contributed by atoms with van der Waals surface area (Å²) in [5.41, 5.74) is 17.3. The van der Waals surface area contributed by atoms with Crippen molar-refractivity contribution in [1.82, 2.24) is 9.97 Å². The van der Waals surface area contributed by atoms with Crippen LogP contribution in [0.3, 0.4) is 0 Å². The molecule has 0 saturated heterocycles. The first kappa shape index (κ1) is 32.8. The molecule has 1 aromatic heterocycles. The predicted octanol–water partition coefficient (Wildman–Crippen LogP) is 9.65. The van der Waals surface area contributed by atoms with Crippen LogP contribution in [0.4, 0.5) is 17.2 Å². The van der Waals surface area contributed by atoms with Gasteiger partial charge in [0.1, 0.15) is 5.82 Å². The molecule has 0 spiro atoms. The van der Waals surface area contributed by atoms with E-state index in [1.807, 2.05) is 30.5 Å². The van der Waals surface area contributed by atoms with Crippen molar-refractivity contribution >= 4 is 40.3 Å². The second-order valence-corrected chi connectivity index (χ2v) is 13.5. The van der Waals surface area contributed by atoms with Gasteiger partial charge in [0.2, 0.25) is 6.71 Å². The highest BCUT2D eigenvalue weighted by atomic mass is 15.2. The molecule has 0 N–H and O–H groups in total. The van der Waals surface area contributed by atoms with Crippen LogP contribution in [0.2, 0.25) is 0 Å². The highest BCUT2D eigenvalue weighted by Gasteiger charge is 2.29. The molecule has 0 saturated carbocycles. The van der Waals surface area contributed by atoms with Gasteiger partial charge in [-0.05, 0) is 71.4 Å². The van der Waals surface area contributed by atoms with Gasteiger partial charge in [-0.25, -0.2) is 9.97 Å². The van der Waals surface area contributed by atoms with E-state index in [2.05, 4.69) is 167 Å². The molecule has 50 heavy (non-hydrogen) atoms. The van der Waals surface area contributed by atoms with E-state index in [0.29, 0.717) is 5.82 Å². The molecule has 0 aliphatic carbocycles. The summed E-state index contributed by atoms with van der Waals surface area (Å²) < 4.78 is 0. The van der Waals surface area contributed by atoms with Gasteiger partial charge in [0.25, 0.3) is 0 Å². The Hall–Kier alpha value is -5.74. The van der Waals surface area contributed by atoms with E-state index in [4.69, 9.17) is 4.98 Å². The fraction of sp³-hybridized carbons (Fsp3) is 0.130. The number of nitrogens with zero attached hydrogens (tertiary/aromatic N) is 3. The summed E-state index contributed by atoms with van der Waals surface area (Å²) in [7, 11) is 0. The molecule has 3 nitrogen and oxygen atoms in total. The maximum absolute atomic E-state index is 5.16. The predicted molar refractivity (Wildman–Crippen MR) is 214 cm³/mol. The molecule has 0 unspecified atom stereocenters. The van der Waals surface area contributed by atoms with Crippen molar-refractivity contribution in [3.8, 4) is 22.5 Å². The number of rotatable bonds is 8. The van der Waals surface area contributed by atoms with Crippen molar-refractivity contribution in [1.29, 1.82) is 0 Å². The lowest BCUT2D eigenvalue weighted by Gasteiger charge is -2.28. The molecule has 7 rings (SSSR count). The molecular formula is C46H42BN3. The Bertz CT molecular complexity index is 2170. The molecule has 0 aliphatic rings. The highest BCUT2D eigenvalue weighted by molar-refractivity contribution is 6.96. The topological polar surface area (TPSA) is 29.0 Å². The molecule has 7 aromatic rings. The lowest BCUT2D eigenvalue weighted by atomic mass is 9.34. The summed E-state index contributed by atoms with van der Waals surface area (Å²) in [6, 6.07) is 49.8. The van der Waals surface area contributed by atoms with Gasteiger partial charge in [-0.1, -0.05) is 165 Å². The first-order valence-electron chi connectivity index (χ1n) is 17.4. The normalized spacial score (nSPS) is 11.0.